The Balaban J connectivity index is 1.84. The quantitative estimate of drug-likeness (QED) is 0.761. The molecule has 5 heteroatoms. The van der Waals surface area contributed by atoms with Crippen LogP contribution in [0.4, 0.5) is 5.69 Å². The average Bonchev–Trinajstić information content (AvgIpc) is 2.95. The molecule has 2 unspecified atom stereocenters. The zero-order valence-corrected chi connectivity index (χ0v) is 11.7. The molecule has 0 spiro atoms. The summed E-state index contributed by atoms with van der Waals surface area (Å²) in [6.07, 6.45) is 3.66. The van der Waals surface area contributed by atoms with E-state index in [2.05, 4.69) is 17.8 Å². The average molecular weight is 275 g/mol. The lowest BCUT2D eigenvalue weighted by Gasteiger charge is -2.31. The number of aryl methyl sites for hydroxylation is 1. The van der Waals surface area contributed by atoms with Gasteiger partial charge in [0.05, 0.1) is 5.69 Å². The molecule has 0 aliphatic carbocycles. The van der Waals surface area contributed by atoms with Crippen LogP contribution in [-0.4, -0.2) is 29.6 Å². The predicted octanol–water partition coefficient (Wildman–Crippen LogP) is 1.32. The largest absolute Gasteiger partial charge is 0.506 e. The van der Waals surface area contributed by atoms with Gasteiger partial charge in [-0.3, -0.25) is 10.2 Å². The van der Waals surface area contributed by atoms with E-state index in [1.807, 2.05) is 12.1 Å². The number of nitrogens with one attached hydrogen (secondary N) is 2. The Morgan fingerprint density at radius 1 is 1.45 bits per heavy atom. The minimum absolute atomic E-state index is 0.0518. The van der Waals surface area contributed by atoms with E-state index in [1.165, 1.54) is 0 Å². The van der Waals surface area contributed by atoms with E-state index in [1.54, 1.807) is 11.0 Å². The molecule has 1 aromatic carbocycles. The fourth-order valence-electron chi connectivity index (χ4n) is 3.09. The number of nitrogens with zero attached hydrogens (tertiary/aromatic N) is 1. The van der Waals surface area contributed by atoms with Gasteiger partial charge in [-0.15, -0.1) is 0 Å². The van der Waals surface area contributed by atoms with Crippen molar-refractivity contribution in [3.05, 3.63) is 23.8 Å². The number of aromatic hydroxyl groups is 1. The molecule has 2 aliphatic rings. The van der Waals surface area contributed by atoms with Gasteiger partial charge in [-0.1, -0.05) is 19.1 Å². The lowest BCUT2D eigenvalue weighted by atomic mass is 9.99. The van der Waals surface area contributed by atoms with Gasteiger partial charge < -0.3 is 10.0 Å². The van der Waals surface area contributed by atoms with Crippen LogP contribution >= 0.6 is 0 Å². The van der Waals surface area contributed by atoms with E-state index in [0.29, 0.717) is 18.3 Å². The molecule has 0 bridgehead atoms. The van der Waals surface area contributed by atoms with E-state index < -0.39 is 0 Å². The van der Waals surface area contributed by atoms with Gasteiger partial charge in [0.25, 0.3) is 0 Å². The van der Waals surface area contributed by atoms with Gasteiger partial charge in [0.1, 0.15) is 11.8 Å². The molecule has 0 aromatic heterocycles. The number of phenols is 1. The zero-order chi connectivity index (χ0) is 14.1. The van der Waals surface area contributed by atoms with E-state index in [-0.39, 0.29) is 17.7 Å². The molecule has 1 amide bonds. The first kappa shape index (κ1) is 13.4. The van der Waals surface area contributed by atoms with Crippen molar-refractivity contribution < 1.29 is 9.90 Å². The number of anilines is 1. The van der Waals surface area contributed by atoms with Crippen LogP contribution in [0.1, 0.15) is 31.7 Å². The monoisotopic (exact) mass is 275 g/mol. The van der Waals surface area contributed by atoms with Gasteiger partial charge in [-0.2, -0.15) is 0 Å². The molecule has 2 atom stereocenters. The third-order valence-corrected chi connectivity index (χ3v) is 4.23. The van der Waals surface area contributed by atoms with E-state index in [4.69, 9.17) is 0 Å². The van der Waals surface area contributed by atoms with E-state index >= 15 is 0 Å². The maximum absolute atomic E-state index is 12.7. The Hall–Kier alpha value is -1.59. The summed E-state index contributed by atoms with van der Waals surface area (Å²) in [5.41, 5.74) is 7.99. The normalized spacial score (nSPS) is 25.6. The summed E-state index contributed by atoms with van der Waals surface area (Å²) < 4.78 is 0. The van der Waals surface area contributed by atoms with Crippen LogP contribution in [0.3, 0.4) is 0 Å². The van der Waals surface area contributed by atoms with Crippen molar-refractivity contribution in [3.63, 3.8) is 0 Å². The molecule has 2 aliphatic heterocycles. The first-order chi connectivity index (χ1) is 9.70. The van der Waals surface area contributed by atoms with Crippen molar-refractivity contribution in [1.29, 1.82) is 0 Å². The second-order valence-electron chi connectivity index (χ2n) is 5.56. The fraction of sp³-hybridized carbons (Fsp3) is 0.533. The van der Waals surface area contributed by atoms with Crippen LogP contribution in [0.25, 0.3) is 0 Å². The Kier molecular flexibility index (Phi) is 3.63. The molecule has 1 aromatic rings. The molecular formula is C15H21N3O2. The molecule has 20 heavy (non-hydrogen) atoms. The highest BCUT2D eigenvalue weighted by molar-refractivity contribution is 5.99. The number of hydrogen-bond donors (Lipinski definition) is 3. The van der Waals surface area contributed by atoms with Crippen molar-refractivity contribution in [2.75, 3.05) is 11.4 Å². The number of benzene rings is 1. The first-order valence-corrected chi connectivity index (χ1v) is 7.34. The summed E-state index contributed by atoms with van der Waals surface area (Å²) in [7, 11) is 0. The van der Waals surface area contributed by atoms with Crippen molar-refractivity contribution >= 4 is 11.6 Å². The van der Waals surface area contributed by atoms with Crippen LogP contribution in [-0.2, 0) is 11.2 Å². The Labute approximate surface area is 118 Å². The van der Waals surface area contributed by atoms with Crippen LogP contribution < -0.4 is 15.8 Å². The molecule has 2 heterocycles. The van der Waals surface area contributed by atoms with Gasteiger partial charge in [0.15, 0.2) is 0 Å². The number of carbonyl (C=O) groups is 1. The summed E-state index contributed by atoms with van der Waals surface area (Å²) in [4.78, 5) is 14.4. The second-order valence-corrected chi connectivity index (χ2v) is 5.56. The number of hydrogen-bond acceptors (Lipinski definition) is 4. The van der Waals surface area contributed by atoms with Crippen LogP contribution in [0.15, 0.2) is 18.2 Å². The maximum atomic E-state index is 12.7. The molecule has 108 valence electrons. The van der Waals surface area contributed by atoms with Gasteiger partial charge in [-0.25, -0.2) is 5.43 Å². The molecule has 1 saturated heterocycles. The van der Waals surface area contributed by atoms with E-state index in [9.17, 15) is 9.90 Å². The molecule has 5 nitrogen and oxygen atoms in total. The summed E-state index contributed by atoms with van der Waals surface area (Å²) in [6.45, 7) is 2.78. The zero-order valence-electron chi connectivity index (χ0n) is 11.7. The second kappa shape index (κ2) is 5.42. The molecular weight excluding hydrogens is 254 g/mol. The Morgan fingerprint density at radius 3 is 3.05 bits per heavy atom. The molecule has 0 radical (unpaired) electrons. The molecule has 3 rings (SSSR count). The van der Waals surface area contributed by atoms with Crippen molar-refractivity contribution in [1.82, 2.24) is 10.9 Å². The Morgan fingerprint density at radius 2 is 2.30 bits per heavy atom. The third kappa shape index (κ3) is 2.27. The van der Waals surface area contributed by atoms with Crippen LogP contribution in [0.2, 0.25) is 0 Å². The van der Waals surface area contributed by atoms with Gasteiger partial charge in [0.2, 0.25) is 5.91 Å². The highest BCUT2D eigenvalue weighted by Gasteiger charge is 2.34. The minimum atomic E-state index is -0.203. The van der Waals surface area contributed by atoms with Crippen LogP contribution in [0.5, 0.6) is 5.75 Å². The molecule has 0 saturated carbocycles. The number of para-hydroxylation sites is 1. The predicted molar refractivity (Wildman–Crippen MR) is 77.5 cm³/mol. The van der Waals surface area contributed by atoms with Crippen molar-refractivity contribution in [2.45, 2.75) is 44.7 Å². The number of carbonyl (C=O) groups excluding carboxylic acids is 1. The van der Waals surface area contributed by atoms with Gasteiger partial charge in [0, 0.05) is 12.6 Å². The number of amides is 1. The van der Waals surface area contributed by atoms with E-state index in [0.717, 1.165) is 31.2 Å². The number of rotatable bonds is 2. The third-order valence-electron chi connectivity index (χ3n) is 4.23. The Bertz CT molecular complexity index is 518. The number of fused-ring (bicyclic) bond motifs is 1. The lowest BCUT2D eigenvalue weighted by Crippen LogP contribution is -2.47. The number of hydrazine groups is 1. The van der Waals surface area contributed by atoms with Crippen molar-refractivity contribution in [3.8, 4) is 5.75 Å². The van der Waals surface area contributed by atoms with Crippen LogP contribution in [0, 0.1) is 0 Å². The van der Waals surface area contributed by atoms with Gasteiger partial charge in [-0.05, 0) is 37.3 Å². The lowest BCUT2D eigenvalue weighted by molar-refractivity contribution is -0.120. The topological polar surface area (TPSA) is 64.6 Å². The highest BCUT2D eigenvalue weighted by atomic mass is 16.3. The molecule has 1 fully saturated rings. The van der Waals surface area contributed by atoms with Gasteiger partial charge >= 0.3 is 0 Å². The minimum Gasteiger partial charge on any atom is -0.506 e. The number of phenolic OH excluding ortho intramolecular Hbond substituents is 1. The standard InChI is InChI=1S/C15H21N3O2/c1-2-11-9-12(17-16-11)15(20)18-8-4-6-10-5-3-7-13(19)14(10)18/h3,5,7,11-12,16-17,19H,2,4,6,8-9H2,1H3. The summed E-state index contributed by atoms with van der Waals surface area (Å²) in [6, 6.07) is 5.62. The van der Waals surface area contributed by atoms with Crippen molar-refractivity contribution in [2.24, 2.45) is 0 Å². The smallest absolute Gasteiger partial charge is 0.245 e. The maximum Gasteiger partial charge on any atom is 0.245 e. The molecule has 3 N–H and O–H groups in total. The first-order valence-electron chi connectivity index (χ1n) is 7.34. The summed E-state index contributed by atoms with van der Waals surface area (Å²) in [5, 5.41) is 10.1. The summed E-state index contributed by atoms with van der Waals surface area (Å²) in [5.74, 6) is 0.254. The highest BCUT2D eigenvalue weighted by Crippen LogP contribution is 2.36. The fourth-order valence-corrected chi connectivity index (χ4v) is 3.09. The SMILES string of the molecule is CCC1CC(C(=O)N2CCCc3cccc(O)c32)NN1. The summed E-state index contributed by atoms with van der Waals surface area (Å²) >= 11 is 0.